The van der Waals surface area contributed by atoms with Crippen molar-refractivity contribution in [2.45, 2.75) is 19.3 Å². The summed E-state index contributed by atoms with van der Waals surface area (Å²) in [5.74, 6) is 0.916. The highest BCUT2D eigenvalue weighted by molar-refractivity contribution is 5.85. The molecule has 5 rings (SSSR count). The number of pyridine rings is 1. The van der Waals surface area contributed by atoms with Crippen LogP contribution in [0.5, 0.6) is 0 Å². The fourth-order valence-electron chi connectivity index (χ4n) is 3.05. The Morgan fingerprint density at radius 1 is 0.905 bits per heavy atom. The van der Waals surface area contributed by atoms with Crippen molar-refractivity contribution in [1.82, 2.24) is 4.98 Å². The molecule has 0 radical (unpaired) electrons. The van der Waals surface area contributed by atoms with Gasteiger partial charge in [-0.1, -0.05) is 24.3 Å². The van der Waals surface area contributed by atoms with Crippen LogP contribution in [0, 0.1) is 11.1 Å². The summed E-state index contributed by atoms with van der Waals surface area (Å²) in [4.78, 5) is 4.01. The van der Waals surface area contributed by atoms with E-state index in [1.54, 1.807) is 0 Å². The van der Waals surface area contributed by atoms with Crippen molar-refractivity contribution in [3.63, 3.8) is 0 Å². The number of benzene rings is 1. The molecule has 0 atom stereocenters. The molecular formula is C16H22Cl2N2O. The average molecular weight is 329 g/mol. The molecule has 3 aliphatic rings. The molecule has 5 heteroatoms. The smallest absolute Gasteiger partial charge is 0.0786 e. The zero-order chi connectivity index (χ0) is 13.1. The average Bonchev–Trinajstić information content (AvgIpc) is 2.49. The summed E-state index contributed by atoms with van der Waals surface area (Å²) in [7, 11) is 0. The van der Waals surface area contributed by atoms with Gasteiger partial charge in [0.1, 0.15) is 0 Å². The predicted octanol–water partition coefficient (Wildman–Crippen LogP) is 4.19. The Hall–Kier alpha value is -0.870. The van der Waals surface area contributed by atoms with Gasteiger partial charge < -0.3 is 9.85 Å². The summed E-state index contributed by atoms with van der Waals surface area (Å²) in [5.41, 5.74) is 0. The molecule has 2 bridgehead atoms. The Morgan fingerprint density at radius 2 is 1.48 bits per heavy atom. The molecule has 0 unspecified atom stereocenters. The van der Waals surface area contributed by atoms with E-state index in [0.717, 1.165) is 25.6 Å². The van der Waals surface area contributed by atoms with Crippen molar-refractivity contribution >= 4 is 35.6 Å². The van der Waals surface area contributed by atoms with Crippen LogP contribution in [-0.4, -0.2) is 29.3 Å². The minimum absolute atomic E-state index is 0. The van der Waals surface area contributed by atoms with Crippen LogP contribution in [0.15, 0.2) is 42.7 Å². The van der Waals surface area contributed by atoms with Gasteiger partial charge in [-0.05, 0) is 22.8 Å². The number of rotatable bonds is 0. The van der Waals surface area contributed by atoms with E-state index in [9.17, 15) is 5.21 Å². The first-order chi connectivity index (χ1) is 9.25. The highest BCUT2D eigenvalue weighted by atomic mass is 35.5. The van der Waals surface area contributed by atoms with Gasteiger partial charge in [0.2, 0.25) is 0 Å². The first-order valence-electron chi connectivity index (χ1n) is 7.11. The van der Waals surface area contributed by atoms with Crippen LogP contribution in [0.25, 0.3) is 10.8 Å². The number of quaternary nitrogens is 1. The van der Waals surface area contributed by atoms with Crippen molar-refractivity contribution in [2.75, 3.05) is 19.6 Å². The molecule has 0 spiro atoms. The molecule has 2 aromatic rings. The standard InChI is InChI=1S/C9H7N.C7H13NO.2ClH/c1-2-4-9-7-10-6-5-8(9)3-1;9-8-4-1-7(2-5-8)3-6-8;;/h1-7H;7H,1-6H2;2*1H. The summed E-state index contributed by atoms with van der Waals surface area (Å²) in [6, 6.07) is 10.2. The monoisotopic (exact) mass is 328 g/mol. The fraction of sp³-hybridized carbons (Fsp3) is 0.438. The maximum Gasteiger partial charge on any atom is 0.0786 e. The van der Waals surface area contributed by atoms with Gasteiger partial charge in [-0.3, -0.25) is 4.98 Å². The normalized spacial score (nSPS) is 26.0. The molecule has 1 aromatic carbocycles. The van der Waals surface area contributed by atoms with E-state index in [1.807, 2.05) is 30.6 Å². The Morgan fingerprint density at radius 3 is 1.95 bits per heavy atom. The Kier molecular flexibility index (Phi) is 6.88. The van der Waals surface area contributed by atoms with Gasteiger partial charge in [0.25, 0.3) is 0 Å². The van der Waals surface area contributed by atoms with Crippen molar-refractivity contribution in [2.24, 2.45) is 5.92 Å². The zero-order valence-electron chi connectivity index (χ0n) is 12.0. The number of hydrogen-bond donors (Lipinski definition) is 0. The maximum atomic E-state index is 11.5. The molecule has 1 aromatic heterocycles. The maximum absolute atomic E-state index is 11.5. The largest absolute Gasteiger partial charge is 0.633 e. The van der Waals surface area contributed by atoms with Gasteiger partial charge in [-0.25, -0.2) is 0 Å². The van der Waals surface area contributed by atoms with Crippen LogP contribution < -0.4 is 0 Å². The molecule has 116 valence electrons. The van der Waals surface area contributed by atoms with E-state index >= 15 is 0 Å². The van der Waals surface area contributed by atoms with Gasteiger partial charge in [0.05, 0.1) is 19.6 Å². The summed E-state index contributed by atoms with van der Waals surface area (Å²) < 4.78 is 0.135. The topological polar surface area (TPSA) is 36.0 Å². The predicted molar refractivity (Wildman–Crippen MR) is 91.8 cm³/mol. The van der Waals surface area contributed by atoms with Crippen molar-refractivity contribution in [3.05, 3.63) is 47.9 Å². The van der Waals surface area contributed by atoms with Gasteiger partial charge in [0, 0.05) is 31.7 Å². The van der Waals surface area contributed by atoms with E-state index in [2.05, 4.69) is 17.1 Å². The van der Waals surface area contributed by atoms with Gasteiger partial charge in [-0.15, -0.1) is 24.8 Å². The third-order valence-corrected chi connectivity index (χ3v) is 4.38. The van der Waals surface area contributed by atoms with Crippen LogP contribution in [-0.2, 0) is 0 Å². The SMILES string of the molecule is Cl.Cl.[O-][N+]12CCC(CC1)CC2.c1ccc2cnccc2c1. The number of hydrogen-bond acceptors (Lipinski definition) is 2. The van der Waals surface area contributed by atoms with Crippen molar-refractivity contribution < 1.29 is 4.65 Å². The number of fused-ring (bicyclic) bond motifs is 4. The summed E-state index contributed by atoms with van der Waals surface area (Å²) >= 11 is 0. The lowest BCUT2D eigenvalue weighted by Gasteiger charge is -2.52. The first-order valence-corrected chi connectivity index (χ1v) is 7.11. The van der Waals surface area contributed by atoms with Crippen molar-refractivity contribution in [3.8, 4) is 0 Å². The number of hydroxylamine groups is 3. The Bertz CT molecular complexity index is 477. The van der Waals surface area contributed by atoms with Crippen LogP contribution >= 0.6 is 24.8 Å². The zero-order valence-corrected chi connectivity index (χ0v) is 13.6. The Labute approximate surface area is 138 Å². The highest BCUT2D eigenvalue weighted by Crippen LogP contribution is 2.31. The second kappa shape index (κ2) is 7.95. The molecule has 3 nitrogen and oxygen atoms in total. The lowest BCUT2D eigenvalue weighted by atomic mass is 9.88. The number of piperidine rings is 3. The van der Waals surface area contributed by atoms with Crippen LogP contribution in [0.3, 0.4) is 0 Å². The van der Waals surface area contributed by atoms with Crippen LogP contribution in [0.4, 0.5) is 0 Å². The van der Waals surface area contributed by atoms with Crippen LogP contribution in [0.2, 0.25) is 0 Å². The lowest BCUT2D eigenvalue weighted by Crippen LogP contribution is -2.53. The second-order valence-corrected chi connectivity index (χ2v) is 5.68. The number of halogens is 2. The highest BCUT2D eigenvalue weighted by Gasteiger charge is 2.33. The summed E-state index contributed by atoms with van der Waals surface area (Å²) in [6.07, 6.45) is 7.27. The van der Waals surface area contributed by atoms with E-state index in [-0.39, 0.29) is 29.5 Å². The lowest BCUT2D eigenvalue weighted by molar-refractivity contribution is -0.896. The number of aromatic nitrogens is 1. The van der Waals surface area contributed by atoms with Gasteiger partial charge in [0.15, 0.2) is 0 Å². The molecule has 0 N–H and O–H groups in total. The molecule has 3 fully saturated rings. The van der Waals surface area contributed by atoms with E-state index in [1.165, 1.54) is 30.0 Å². The molecular weight excluding hydrogens is 307 g/mol. The molecule has 0 saturated carbocycles. The van der Waals surface area contributed by atoms with Crippen LogP contribution in [0.1, 0.15) is 19.3 Å². The molecule has 0 aliphatic carbocycles. The molecule has 4 heterocycles. The summed E-state index contributed by atoms with van der Waals surface area (Å²) in [5, 5.41) is 13.9. The minimum Gasteiger partial charge on any atom is -0.633 e. The quantitative estimate of drug-likeness (QED) is 0.537. The first kappa shape index (κ1) is 18.2. The number of nitrogens with zero attached hydrogens (tertiary/aromatic N) is 2. The third kappa shape index (κ3) is 4.55. The Balaban J connectivity index is 0.000000192. The fourth-order valence-corrected chi connectivity index (χ4v) is 3.05. The van der Waals surface area contributed by atoms with Gasteiger partial charge in [-0.2, -0.15) is 0 Å². The third-order valence-electron chi connectivity index (χ3n) is 4.38. The molecule has 3 saturated heterocycles. The van der Waals surface area contributed by atoms with E-state index < -0.39 is 0 Å². The van der Waals surface area contributed by atoms with E-state index in [0.29, 0.717) is 0 Å². The van der Waals surface area contributed by atoms with Crippen molar-refractivity contribution in [1.29, 1.82) is 0 Å². The minimum atomic E-state index is 0. The molecule has 21 heavy (non-hydrogen) atoms. The second-order valence-electron chi connectivity index (χ2n) is 5.68. The molecule has 0 amide bonds. The molecule has 3 aliphatic heterocycles. The van der Waals surface area contributed by atoms with E-state index in [4.69, 9.17) is 0 Å². The summed E-state index contributed by atoms with van der Waals surface area (Å²) in [6.45, 7) is 2.72. The van der Waals surface area contributed by atoms with Gasteiger partial charge >= 0.3 is 0 Å².